The number of hydrogen-bond acceptors (Lipinski definition) is 6. The van der Waals surface area contributed by atoms with Crippen LogP contribution >= 0.6 is 0 Å². The first-order valence-electron chi connectivity index (χ1n) is 7.84. The molecule has 2 saturated carbocycles. The Morgan fingerprint density at radius 2 is 2.33 bits per heavy atom. The number of likely N-dealkylation sites (tertiary alicyclic amines) is 1. The average molecular weight is 291 g/mol. The zero-order valence-electron chi connectivity index (χ0n) is 12.4. The number of carbonyl (C=O) groups is 1. The summed E-state index contributed by atoms with van der Waals surface area (Å²) in [6.07, 6.45) is 5.52. The number of methoxy groups -OCH3 is 1. The second-order valence-electron chi connectivity index (χ2n) is 6.73. The van der Waals surface area contributed by atoms with Crippen molar-refractivity contribution in [3.8, 4) is 0 Å². The molecule has 2 aliphatic carbocycles. The van der Waals surface area contributed by atoms with Crippen molar-refractivity contribution in [3.05, 3.63) is 11.7 Å². The van der Waals surface area contributed by atoms with Crippen LogP contribution in [0.5, 0.6) is 0 Å². The Morgan fingerprint density at radius 3 is 3.10 bits per heavy atom. The molecule has 6 nitrogen and oxygen atoms in total. The molecule has 0 amide bonds. The Labute approximate surface area is 123 Å². The summed E-state index contributed by atoms with van der Waals surface area (Å²) in [7, 11) is 1.50. The smallest absolute Gasteiger partial charge is 0.313 e. The molecule has 0 bridgehead atoms. The van der Waals surface area contributed by atoms with E-state index in [0.29, 0.717) is 18.4 Å². The topological polar surface area (TPSA) is 68.5 Å². The maximum atomic E-state index is 12.2. The molecule has 1 aliphatic heterocycles. The van der Waals surface area contributed by atoms with Gasteiger partial charge in [0.2, 0.25) is 5.89 Å². The van der Waals surface area contributed by atoms with Crippen molar-refractivity contribution in [1.29, 1.82) is 0 Å². The number of hydrogen-bond donors (Lipinski definition) is 0. The van der Waals surface area contributed by atoms with Crippen LogP contribution in [0.15, 0.2) is 4.52 Å². The average Bonchev–Trinajstić information content (AvgIpc) is 2.93. The monoisotopic (exact) mass is 291 g/mol. The highest BCUT2D eigenvalue weighted by Crippen LogP contribution is 2.49. The maximum Gasteiger partial charge on any atom is 0.313 e. The van der Waals surface area contributed by atoms with E-state index in [1.807, 2.05) is 0 Å². The van der Waals surface area contributed by atoms with Crippen molar-refractivity contribution in [2.75, 3.05) is 20.2 Å². The van der Waals surface area contributed by atoms with Gasteiger partial charge in [0.1, 0.15) is 0 Å². The predicted molar refractivity (Wildman–Crippen MR) is 73.3 cm³/mol. The molecule has 1 aromatic heterocycles. The lowest BCUT2D eigenvalue weighted by Crippen LogP contribution is -2.36. The molecule has 114 valence electrons. The number of aromatic nitrogens is 2. The standard InChI is InChI=1S/C15H21N3O3/c1-20-14(19)15-6-2-3-11(15)7-18(9-15)8-12-16-13(21-17-12)10-4-5-10/h10-11H,2-9H2,1H3/t11-,15+/m0/s1. The van der Waals surface area contributed by atoms with E-state index in [0.717, 1.165) is 44.1 Å². The van der Waals surface area contributed by atoms with Gasteiger partial charge < -0.3 is 9.26 Å². The molecule has 0 spiro atoms. The van der Waals surface area contributed by atoms with Crippen LogP contribution in [-0.2, 0) is 16.1 Å². The van der Waals surface area contributed by atoms with Gasteiger partial charge in [0, 0.05) is 19.0 Å². The third-order valence-electron chi connectivity index (χ3n) is 5.31. The minimum absolute atomic E-state index is 0.0423. The Kier molecular flexibility index (Phi) is 3.03. The van der Waals surface area contributed by atoms with Gasteiger partial charge in [-0.1, -0.05) is 11.6 Å². The zero-order valence-corrected chi connectivity index (χ0v) is 12.4. The molecule has 2 atom stereocenters. The normalized spacial score (nSPS) is 32.3. The fraction of sp³-hybridized carbons (Fsp3) is 0.800. The summed E-state index contributed by atoms with van der Waals surface area (Å²) in [6.45, 7) is 2.37. The number of fused-ring (bicyclic) bond motifs is 1. The van der Waals surface area contributed by atoms with Gasteiger partial charge in [0.05, 0.1) is 19.1 Å². The Hall–Kier alpha value is -1.43. The molecule has 0 unspecified atom stereocenters. The van der Waals surface area contributed by atoms with Crippen LogP contribution in [0.2, 0.25) is 0 Å². The van der Waals surface area contributed by atoms with Crippen LogP contribution in [-0.4, -0.2) is 41.2 Å². The fourth-order valence-corrected chi connectivity index (χ4v) is 4.08. The second-order valence-corrected chi connectivity index (χ2v) is 6.73. The molecule has 6 heteroatoms. The summed E-state index contributed by atoms with van der Waals surface area (Å²) < 4.78 is 10.4. The Morgan fingerprint density at radius 1 is 1.48 bits per heavy atom. The van der Waals surface area contributed by atoms with E-state index in [-0.39, 0.29) is 11.4 Å². The van der Waals surface area contributed by atoms with Crippen molar-refractivity contribution in [3.63, 3.8) is 0 Å². The van der Waals surface area contributed by atoms with E-state index in [2.05, 4.69) is 15.0 Å². The van der Waals surface area contributed by atoms with Crippen LogP contribution < -0.4 is 0 Å². The summed E-state index contributed by atoms with van der Waals surface area (Å²) in [4.78, 5) is 19.0. The quantitative estimate of drug-likeness (QED) is 0.787. The Bertz CT molecular complexity index is 554. The highest BCUT2D eigenvalue weighted by Gasteiger charge is 2.55. The van der Waals surface area contributed by atoms with E-state index >= 15 is 0 Å². The number of ether oxygens (including phenoxy) is 1. The first-order chi connectivity index (χ1) is 10.2. The predicted octanol–water partition coefficient (Wildman–Crippen LogP) is 1.72. The molecule has 4 rings (SSSR count). The van der Waals surface area contributed by atoms with Gasteiger partial charge in [-0.3, -0.25) is 9.69 Å². The van der Waals surface area contributed by atoms with E-state index in [4.69, 9.17) is 9.26 Å². The van der Waals surface area contributed by atoms with Crippen LogP contribution in [0.25, 0.3) is 0 Å². The van der Waals surface area contributed by atoms with Crippen molar-refractivity contribution >= 4 is 5.97 Å². The highest BCUT2D eigenvalue weighted by atomic mass is 16.5. The highest BCUT2D eigenvalue weighted by molar-refractivity contribution is 5.78. The molecule has 1 saturated heterocycles. The number of nitrogens with zero attached hydrogens (tertiary/aromatic N) is 3. The van der Waals surface area contributed by atoms with E-state index in [9.17, 15) is 4.79 Å². The van der Waals surface area contributed by atoms with Gasteiger partial charge in [0.15, 0.2) is 5.82 Å². The maximum absolute atomic E-state index is 12.2. The molecule has 1 aromatic rings. The van der Waals surface area contributed by atoms with E-state index in [1.165, 1.54) is 20.0 Å². The zero-order chi connectivity index (χ0) is 14.4. The summed E-state index contributed by atoms with van der Waals surface area (Å²) in [5, 5.41) is 4.08. The molecule has 0 aromatic carbocycles. The summed E-state index contributed by atoms with van der Waals surface area (Å²) in [6, 6.07) is 0. The van der Waals surface area contributed by atoms with E-state index in [1.54, 1.807) is 0 Å². The molecular formula is C15H21N3O3. The third kappa shape index (κ3) is 2.16. The molecule has 2 heterocycles. The molecular weight excluding hydrogens is 270 g/mol. The second kappa shape index (κ2) is 4.80. The third-order valence-corrected chi connectivity index (χ3v) is 5.31. The van der Waals surface area contributed by atoms with Crippen molar-refractivity contribution < 1.29 is 14.1 Å². The van der Waals surface area contributed by atoms with Crippen LogP contribution in [0.3, 0.4) is 0 Å². The van der Waals surface area contributed by atoms with Crippen LogP contribution in [0.4, 0.5) is 0 Å². The lowest BCUT2D eigenvalue weighted by atomic mass is 9.81. The first-order valence-corrected chi connectivity index (χ1v) is 7.84. The number of carbonyl (C=O) groups excluding carboxylic acids is 1. The van der Waals surface area contributed by atoms with Gasteiger partial charge in [0.25, 0.3) is 0 Å². The fourth-order valence-electron chi connectivity index (χ4n) is 4.08. The van der Waals surface area contributed by atoms with Gasteiger partial charge in [-0.25, -0.2) is 0 Å². The van der Waals surface area contributed by atoms with Crippen LogP contribution in [0, 0.1) is 11.3 Å². The molecule has 0 radical (unpaired) electrons. The summed E-state index contributed by atoms with van der Waals surface area (Å²) >= 11 is 0. The lowest BCUT2D eigenvalue weighted by molar-refractivity contribution is -0.153. The van der Waals surface area contributed by atoms with Crippen molar-refractivity contribution in [1.82, 2.24) is 15.0 Å². The minimum Gasteiger partial charge on any atom is -0.469 e. The lowest BCUT2D eigenvalue weighted by Gasteiger charge is -2.25. The van der Waals surface area contributed by atoms with Gasteiger partial charge in [-0.05, 0) is 31.6 Å². The van der Waals surface area contributed by atoms with E-state index < -0.39 is 0 Å². The molecule has 3 aliphatic rings. The minimum atomic E-state index is -0.294. The Balaban J connectivity index is 1.46. The van der Waals surface area contributed by atoms with Crippen molar-refractivity contribution in [2.45, 2.75) is 44.6 Å². The number of rotatable bonds is 4. The first kappa shape index (κ1) is 13.2. The SMILES string of the molecule is COC(=O)[C@@]12CCC[C@H]1CN(Cc1noc(C3CC3)n1)C2. The summed E-state index contributed by atoms with van der Waals surface area (Å²) in [5.74, 6) is 2.40. The molecule has 3 fully saturated rings. The number of esters is 1. The van der Waals surface area contributed by atoms with Gasteiger partial charge in [-0.15, -0.1) is 0 Å². The largest absolute Gasteiger partial charge is 0.469 e. The molecule has 0 N–H and O–H groups in total. The van der Waals surface area contributed by atoms with Gasteiger partial charge in [-0.2, -0.15) is 4.98 Å². The summed E-state index contributed by atoms with van der Waals surface area (Å²) in [5.41, 5.74) is -0.294. The van der Waals surface area contributed by atoms with Gasteiger partial charge >= 0.3 is 5.97 Å². The van der Waals surface area contributed by atoms with Crippen molar-refractivity contribution in [2.24, 2.45) is 11.3 Å². The van der Waals surface area contributed by atoms with Crippen LogP contribution in [0.1, 0.15) is 49.7 Å². The molecule has 21 heavy (non-hydrogen) atoms.